The van der Waals surface area contributed by atoms with Gasteiger partial charge in [0.15, 0.2) is 0 Å². The Balaban J connectivity index is 3.03. The van der Waals surface area contributed by atoms with Crippen molar-refractivity contribution in [3.8, 4) is 5.88 Å². The number of aromatic nitrogens is 1. The zero-order chi connectivity index (χ0) is 9.14. The second kappa shape index (κ2) is 3.49. The molecule has 66 valence electrons. The van der Waals surface area contributed by atoms with Crippen LogP contribution in [0.5, 0.6) is 5.88 Å². The van der Waals surface area contributed by atoms with E-state index in [1.807, 2.05) is 0 Å². The van der Waals surface area contributed by atoms with Crippen LogP contribution in [0.2, 0.25) is 0 Å². The number of halogens is 1. The Kier molecular flexibility index (Phi) is 2.60. The summed E-state index contributed by atoms with van der Waals surface area (Å²) in [5.41, 5.74) is 0.177. The first-order valence-corrected chi connectivity index (χ1v) is 3.53. The van der Waals surface area contributed by atoms with Crippen molar-refractivity contribution >= 4 is 0 Å². The minimum atomic E-state index is -0.844. The summed E-state index contributed by atoms with van der Waals surface area (Å²) in [6.07, 6.45) is -0.844. The lowest BCUT2D eigenvalue weighted by molar-refractivity contribution is 0.192. The Morgan fingerprint density at radius 3 is 2.67 bits per heavy atom. The molecule has 3 nitrogen and oxygen atoms in total. The second-order valence-electron chi connectivity index (χ2n) is 2.41. The SMILES string of the molecule is COc1ccc(C(C)O)c(F)n1. The van der Waals surface area contributed by atoms with E-state index in [2.05, 4.69) is 4.98 Å². The molecule has 1 rings (SSSR count). The maximum atomic E-state index is 12.9. The zero-order valence-corrected chi connectivity index (χ0v) is 6.91. The molecule has 0 aliphatic heterocycles. The van der Waals surface area contributed by atoms with Gasteiger partial charge in [0.2, 0.25) is 11.8 Å². The predicted molar refractivity (Wildman–Crippen MR) is 41.4 cm³/mol. The molecule has 0 saturated heterocycles. The largest absolute Gasteiger partial charge is 0.481 e. The topological polar surface area (TPSA) is 42.4 Å². The number of ether oxygens (including phenoxy) is 1. The monoisotopic (exact) mass is 171 g/mol. The Bertz CT molecular complexity index is 276. The molecule has 12 heavy (non-hydrogen) atoms. The van der Waals surface area contributed by atoms with Gasteiger partial charge in [0, 0.05) is 11.6 Å². The van der Waals surface area contributed by atoms with Crippen molar-refractivity contribution in [3.63, 3.8) is 0 Å². The first-order valence-electron chi connectivity index (χ1n) is 3.53. The van der Waals surface area contributed by atoms with E-state index in [0.717, 1.165) is 0 Å². The quantitative estimate of drug-likeness (QED) is 0.681. The molecule has 0 aromatic carbocycles. The molecule has 1 aromatic heterocycles. The van der Waals surface area contributed by atoms with Crippen LogP contribution >= 0.6 is 0 Å². The Labute approximate surface area is 69.8 Å². The van der Waals surface area contributed by atoms with Gasteiger partial charge in [0.25, 0.3) is 0 Å². The average molecular weight is 171 g/mol. The summed E-state index contributed by atoms with van der Waals surface area (Å²) in [7, 11) is 1.41. The second-order valence-corrected chi connectivity index (χ2v) is 2.41. The molecule has 1 N–H and O–H groups in total. The third-order valence-electron chi connectivity index (χ3n) is 1.51. The summed E-state index contributed by atoms with van der Waals surface area (Å²) >= 11 is 0. The first-order chi connectivity index (χ1) is 5.65. The van der Waals surface area contributed by atoms with Crippen molar-refractivity contribution < 1.29 is 14.2 Å². The molecule has 1 unspecified atom stereocenters. The van der Waals surface area contributed by atoms with Crippen LogP contribution in [0.4, 0.5) is 4.39 Å². The number of methoxy groups -OCH3 is 1. The predicted octanol–water partition coefficient (Wildman–Crippen LogP) is 1.28. The van der Waals surface area contributed by atoms with Gasteiger partial charge in [-0.05, 0) is 13.0 Å². The third kappa shape index (κ3) is 1.71. The van der Waals surface area contributed by atoms with Gasteiger partial charge in [-0.1, -0.05) is 0 Å². The summed E-state index contributed by atoms with van der Waals surface area (Å²) in [5, 5.41) is 9.05. The third-order valence-corrected chi connectivity index (χ3v) is 1.51. The lowest BCUT2D eigenvalue weighted by Crippen LogP contribution is -1.99. The maximum Gasteiger partial charge on any atom is 0.221 e. The van der Waals surface area contributed by atoms with Crippen LogP contribution in [0.1, 0.15) is 18.6 Å². The minimum Gasteiger partial charge on any atom is -0.481 e. The Morgan fingerprint density at radius 2 is 2.25 bits per heavy atom. The van der Waals surface area contributed by atoms with Gasteiger partial charge < -0.3 is 9.84 Å². The van der Waals surface area contributed by atoms with E-state index in [9.17, 15) is 4.39 Å². The molecular formula is C8H10FNO2. The molecule has 4 heteroatoms. The molecule has 1 atom stereocenters. The number of rotatable bonds is 2. The molecule has 0 saturated carbocycles. The average Bonchev–Trinajstić information content (AvgIpc) is 2.03. The van der Waals surface area contributed by atoms with Crippen LogP contribution in [-0.2, 0) is 0 Å². The zero-order valence-electron chi connectivity index (χ0n) is 6.91. The molecule has 0 aliphatic carbocycles. The normalized spacial score (nSPS) is 12.7. The molecule has 0 bridgehead atoms. The fourth-order valence-corrected chi connectivity index (χ4v) is 0.854. The highest BCUT2D eigenvalue weighted by molar-refractivity contribution is 5.20. The first kappa shape index (κ1) is 8.93. The van der Waals surface area contributed by atoms with Gasteiger partial charge in [0.05, 0.1) is 13.2 Å². The van der Waals surface area contributed by atoms with Crippen LogP contribution in [0.25, 0.3) is 0 Å². The van der Waals surface area contributed by atoms with Crippen molar-refractivity contribution in [1.82, 2.24) is 4.98 Å². The summed E-state index contributed by atoms with van der Waals surface area (Å²) < 4.78 is 17.6. The summed E-state index contributed by atoms with van der Waals surface area (Å²) in [6.45, 7) is 1.48. The highest BCUT2D eigenvalue weighted by atomic mass is 19.1. The molecule has 0 radical (unpaired) electrons. The molecule has 0 fully saturated rings. The van der Waals surface area contributed by atoms with Crippen molar-refractivity contribution in [1.29, 1.82) is 0 Å². The van der Waals surface area contributed by atoms with Crippen LogP contribution in [0, 0.1) is 5.95 Å². The maximum absolute atomic E-state index is 12.9. The van der Waals surface area contributed by atoms with Gasteiger partial charge in [-0.25, -0.2) is 0 Å². The fourth-order valence-electron chi connectivity index (χ4n) is 0.854. The highest BCUT2D eigenvalue weighted by Crippen LogP contribution is 2.17. The number of nitrogens with zero attached hydrogens (tertiary/aromatic N) is 1. The van der Waals surface area contributed by atoms with Crippen molar-refractivity contribution in [2.45, 2.75) is 13.0 Å². The number of hydrogen-bond donors (Lipinski definition) is 1. The Hall–Kier alpha value is -1.16. The smallest absolute Gasteiger partial charge is 0.221 e. The molecular weight excluding hydrogens is 161 g/mol. The van der Waals surface area contributed by atoms with E-state index >= 15 is 0 Å². The summed E-state index contributed by atoms with van der Waals surface area (Å²) in [6, 6.07) is 2.96. The number of aliphatic hydroxyl groups excluding tert-OH is 1. The van der Waals surface area contributed by atoms with Crippen molar-refractivity contribution in [2.24, 2.45) is 0 Å². The van der Waals surface area contributed by atoms with Crippen LogP contribution in [0.3, 0.4) is 0 Å². The summed E-state index contributed by atoms with van der Waals surface area (Å²) in [5.74, 6) is -0.485. The van der Waals surface area contributed by atoms with E-state index in [0.29, 0.717) is 0 Å². The number of hydrogen-bond acceptors (Lipinski definition) is 3. The van der Waals surface area contributed by atoms with Crippen LogP contribution in [0.15, 0.2) is 12.1 Å². The molecule has 1 aromatic rings. The molecule has 0 amide bonds. The van der Waals surface area contributed by atoms with Gasteiger partial charge in [0.1, 0.15) is 0 Å². The fraction of sp³-hybridized carbons (Fsp3) is 0.375. The Morgan fingerprint density at radius 1 is 1.58 bits per heavy atom. The highest BCUT2D eigenvalue weighted by Gasteiger charge is 2.09. The van der Waals surface area contributed by atoms with E-state index in [-0.39, 0.29) is 11.4 Å². The van der Waals surface area contributed by atoms with E-state index in [1.54, 1.807) is 0 Å². The number of aliphatic hydroxyl groups is 1. The van der Waals surface area contributed by atoms with E-state index in [4.69, 9.17) is 9.84 Å². The lowest BCUT2D eigenvalue weighted by Gasteiger charge is -2.05. The van der Waals surface area contributed by atoms with E-state index in [1.165, 1.54) is 26.2 Å². The molecule has 0 spiro atoms. The van der Waals surface area contributed by atoms with Gasteiger partial charge >= 0.3 is 0 Å². The summed E-state index contributed by atoms with van der Waals surface area (Å²) in [4.78, 5) is 3.46. The minimum absolute atomic E-state index is 0.177. The molecule has 0 aliphatic rings. The van der Waals surface area contributed by atoms with Crippen molar-refractivity contribution in [3.05, 3.63) is 23.6 Å². The van der Waals surface area contributed by atoms with E-state index < -0.39 is 12.1 Å². The lowest BCUT2D eigenvalue weighted by atomic mass is 10.2. The number of pyridine rings is 1. The van der Waals surface area contributed by atoms with Gasteiger partial charge in [-0.15, -0.1) is 0 Å². The van der Waals surface area contributed by atoms with Gasteiger partial charge in [-0.2, -0.15) is 9.37 Å². The van der Waals surface area contributed by atoms with Crippen LogP contribution < -0.4 is 4.74 Å². The standard InChI is InChI=1S/C8H10FNO2/c1-5(11)6-3-4-7(12-2)10-8(6)9/h3-5,11H,1-2H3. The van der Waals surface area contributed by atoms with Gasteiger partial charge in [-0.3, -0.25) is 0 Å². The van der Waals surface area contributed by atoms with Crippen LogP contribution in [-0.4, -0.2) is 17.2 Å². The van der Waals surface area contributed by atoms with Crippen molar-refractivity contribution in [2.75, 3.05) is 7.11 Å². The molecule has 1 heterocycles.